The number of aliphatic hydroxyl groups excluding tert-OH is 1. The van der Waals surface area contributed by atoms with Gasteiger partial charge >= 0.3 is 6.09 Å². The minimum absolute atomic E-state index is 0.0230. The van der Waals surface area contributed by atoms with Crippen molar-refractivity contribution in [2.75, 3.05) is 12.4 Å². The largest absolute Gasteiger partial charge is 0.444 e. The summed E-state index contributed by atoms with van der Waals surface area (Å²) in [4.78, 5) is 11.8. The highest BCUT2D eigenvalue weighted by Gasteiger charge is 2.25. The summed E-state index contributed by atoms with van der Waals surface area (Å²) in [6.07, 6.45) is 3.16. The van der Waals surface area contributed by atoms with Crippen LogP contribution in [0.15, 0.2) is 6.20 Å². The Morgan fingerprint density at radius 3 is 2.42 bits per heavy atom. The number of carbonyl (C=O) groups excluding carboxylic acids is 1. The molecule has 8 heteroatoms. The van der Waals surface area contributed by atoms with Gasteiger partial charge in [0, 0.05) is 13.3 Å². The van der Waals surface area contributed by atoms with E-state index in [0.717, 1.165) is 32.8 Å². The number of carbonyl (C=O) groups is 1. The Bertz CT molecular complexity index is 521. The van der Waals surface area contributed by atoms with Gasteiger partial charge in [0.2, 0.25) is 0 Å². The second-order valence-electron chi connectivity index (χ2n) is 6.63. The summed E-state index contributed by atoms with van der Waals surface area (Å²) in [5, 5.41) is 13.4. The summed E-state index contributed by atoms with van der Waals surface area (Å²) in [6, 6.07) is 0.125. The van der Waals surface area contributed by atoms with Crippen molar-refractivity contribution in [3.05, 3.63) is 11.9 Å². The Morgan fingerprint density at radius 1 is 1.33 bits per heavy atom. The molecule has 1 aromatic rings. The molecule has 0 spiro atoms. The van der Waals surface area contributed by atoms with Gasteiger partial charge < -0.3 is 9.84 Å². The monoisotopic (exact) mass is 347 g/mol. The third-order valence-electron chi connectivity index (χ3n) is 3.55. The van der Waals surface area contributed by atoms with E-state index in [4.69, 9.17) is 9.84 Å². The average molecular weight is 347 g/mol. The van der Waals surface area contributed by atoms with Gasteiger partial charge in [0.25, 0.3) is 6.43 Å². The molecule has 0 radical (unpaired) electrons. The normalized spacial score (nSPS) is 15.7. The quantitative estimate of drug-likeness (QED) is 0.855. The molecule has 0 bridgehead atoms. The SMILES string of the molecule is CC(C)(C)OC(=O)Nc1cn(C2CCCCC2)nc1C(F)F.CO. The van der Waals surface area contributed by atoms with E-state index in [-0.39, 0.29) is 11.7 Å². The van der Waals surface area contributed by atoms with Crippen LogP contribution in [0.4, 0.5) is 19.3 Å². The summed E-state index contributed by atoms with van der Waals surface area (Å²) in [6.45, 7) is 5.14. The third-order valence-corrected chi connectivity index (χ3v) is 3.55. The molecule has 1 aromatic heterocycles. The highest BCUT2D eigenvalue weighted by molar-refractivity contribution is 5.85. The van der Waals surface area contributed by atoms with E-state index in [1.807, 2.05) is 0 Å². The molecule has 1 aliphatic carbocycles. The number of ether oxygens (including phenoxy) is 1. The molecule has 2 N–H and O–H groups in total. The van der Waals surface area contributed by atoms with Gasteiger partial charge in [0.15, 0.2) is 5.69 Å². The van der Waals surface area contributed by atoms with Crippen molar-refractivity contribution in [2.45, 2.75) is 70.9 Å². The molecular weight excluding hydrogens is 320 g/mol. The first-order chi connectivity index (χ1) is 11.3. The minimum Gasteiger partial charge on any atom is -0.444 e. The number of amides is 1. The van der Waals surface area contributed by atoms with Crippen molar-refractivity contribution in [2.24, 2.45) is 0 Å². The number of anilines is 1. The summed E-state index contributed by atoms with van der Waals surface area (Å²) < 4.78 is 32.9. The lowest BCUT2D eigenvalue weighted by atomic mass is 9.96. The van der Waals surface area contributed by atoms with Crippen LogP contribution < -0.4 is 5.32 Å². The van der Waals surface area contributed by atoms with Crippen LogP contribution >= 0.6 is 0 Å². The van der Waals surface area contributed by atoms with Crippen LogP contribution in [-0.4, -0.2) is 33.7 Å². The molecule has 0 aromatic carbocycles. The van der Waals surface area contributed by atoms with Gasteiger partial charge in [0.1, 0.15) is 5.60 Å². The number of aliphatic hydroxyl groups is 1. The molecule has 6 nitrogen and oxygen atoms in total. The number of rotatable bonds is 3. The maximum absolute atomic E-state index is 13.1. The maximum atomic E-state index is 13.1. The van der Waals surface area contributed by atoms with Crippen LogP contribution in [0, 0.1) is 0 Å². The van der Waals surface area contributed by atoms with Crippen molar-refractivity contribution in [1.82, 2.24) is 9.78 Å². The first-order valence-corrected chi connectivity index (χ1v) is 8.08. The number of nitrogens with zero attached hydrogens (tertiary/aromatic N) is 2. The maximum Gasteiger partial charge on any atom is 0.412 e. The Labute approximate surface area is 141 Å². The topological polar surface area (TPSA) is 76.4 Å². The number of alkyl halides is 2. The summed E-state index contributed by atoms with van der Waals surface area (Å²) in [7, 11) is 1.00. The van der Waals surface area contributed by atoms with Gasteiger partial charge in [-0.25, -0.2) is 13.6 Å². The lowest BCUT2D eigenvalue weighted by Gasteiger charge is -2.21. The minimum atomic E-state index is -2.74. The van der Waals surface area contributed by atoms with E-state index in [2.05, 4.69) is 10.4 Å². The van der Waals surface area contributed by atoms with Crippen molar-refractivity contribution in [3.8, 4) is 0 Å². The predicted molar refractivity (Wildman–Crippen MR) is 87.3 cm³/mol. The zero-order valence-electron chi connectivity index (χ0n) is 14.7. The fourth-order valence-corrected chi connectivity index (χ4v) is 2.61. The summed E-state index contributed by atoms with van der Waals surface area (Å²) in [5.74, 6) is 0. The number of aromatic nitrogens is 2. The van der Waals surface area contributed by atoms with Crippen LogP contribution in [0.1, 0.15) is 71.0 Å². The van der Waals surface area contributed by atoms with E-state index in [9.17, 15) is 13.6 Å². The second kappa shape index (κ2) is 8.96. The number of hydrogen-bond acceptors (Lipinski definition) is 4. The van der Waals surface area contributed by atoms with E-state index in [0.29, 0.717) is 0 Å². The van der Waals surface area contributed by atoms with Crippen LogP contribution in [0.5, 0.6) is 0 Å². The van der Waals surface area contributed by atoms with Gasteiger partial charge in [-0.05, 0) is 33.6 Å². The van der Waals surface area contributed by atoms with Crippen LogP contribution in [0.3, 0.4) is 0 Å². The average Bonchev–Trinajstić information content (AvgIpc) is 2.92. The van der Waals surface area contributed by atoms with Crippen LogP contribution in [0.2, 0.25) is 0 Å². The standard InChI is InChI=1S/C15H23F2N3O2.CH4O/c1-15(2,3)22-14(21)18-11-9-20(19-12(11)13(16)17)10-7-5-4-6-8-10;1-2/h9-10,13H,4-8H2,1-3H3,(H,18,21);2H,1H3. The van der Waals surface area contributed by atoms with Crippen molar-refractivity contribution in [1.29, 1.82) is 0 Å². The molecule has 1 saturated carbocycles. The molecule has 0 unspecified atom stereocenters. The smallest absolute Gasteiger partial charge is 0.412 e. The zero-order valence-corrected chi connectivity index (χ0v) is 14.7. The molecule has 0 aliphatic heterocycles. The Morgan fingerprint density at radius 2 is 1.92 bits per heavy atom. The molecular formula is C16H27F2N3O3. The van der Waals surface area contributed by atoms with Crippen LogP contribution in [-0.2, 0) is 4.74 Å². The Balaban J connectivity index is 0.00000139. The Kier molecular flexibility index (Phi) is 7.59. The van der Waals surface area contributed by atoms with Crippen molar-refractivity contribution >= 4 is 11.8 Å². The number of halogens is 2. The molecule has 2 rings (SSSR count). The zero-order chi connectivity index (χ0) is 18.3. The molecule has 0 saturated heterocycles. The van der Waals surface area contributed by atoms with Gasteiger partial charge in [-0.3, -0.25) is 10.00 Å². The van der Waals surface area contributed by atoms with Gasteiger partial charge in [0.05, 0.1) is 11.7 Å². The number of hydrogen-bond donors (Lipinski definition) is 2. The first kappa shape index (κ1) is 20.3. The van der Waals surface area contributed by atoms with Crippen LogP contribution in [0.25, 0.3) is 0 Å². The summed E-state index contributed by atoms with van der Waals surface area (Å²) >= 11 is 0. The van der Waals surface area contributed by atoms with E-state index >= 15 is 0 Å². The lowest BCUT2D eigenvalue weighted by molar-refractivity contribution is 0.0635. The third kappa shape index (κ3) is 6.07. The summed E-state index contributed by atoms with van der Waals surface area (Å²) in [5.41, 5.74) is -1.07. The van der Waals surface area contributed by atoms with Gasteiger partial charge in [-0.2, -0.15) is 5.10 Å². The molecule has 0 atom stereocenters. The highest BCUT2D eigenvalue weighted by Crippen LogP contribution is 2.32. The number of nitrogens with one attached hydrogen (secondary N) is 1. The fraction of sp³-hybridized carbons (Fsp3) is 0.750. The molecule has 1 heterocycles. The van der Waals surface area contributed by atoms with Gasteiger partial charge in [-0.15, -0.1) is 0 Å². The predicted octanol–water partition coefficient (Wildman–Crippen LogP) is 4.28. The van der Waals surface area contributed by atoms with E-state index < -0.39 is 23.8 Å². The molecule has 1 fully saturated rings. The molecule has 24 heavy (non-hydrogen) atoms. The highest BCUT2D eigenvalue weighted by atomic mass is 19.3. The molecule has 138 valence electrons. The first-order valence-electron chi connectivity index (χ1n) is 8.08. The molecule has 1 amide bonds. The lowest BCUT2D eigenvalue weighted by Crippen LogP contribution is -2.27. The molecule has 1 aliphatic rings. The van der Waals surface area contributed by atoms with E-state index in [1.165, 1.54) is 12.6 Å². The van der Waals surface area contributed by atoms with Gasteiger partial charge in [-0.1, -0.05) is 19.3 Å². The Hall–Kier alpha value is -1.70. The second-order valence-corrected chi connectivity index (χ2v) is 6.63. The van der Waals surface area contributed by atoms with Crippen molar-refractivity contribution in [3.63, 3.8) is 0 Å². The van der Waals surface area contributed by atoms with E-state index in [1.54, 1.807) is 25.5 Å². The van der Waals surface area contributed by atoms with Crippen molar-refractivity contribution < 1.29 is 23.4 Å². The fourth-order valence-electron chi connectivity index (χ4n) is 2.61.